The standard InChI is InChI=1S/C14H14FN3/c15-13-7-14(8-13,9-13)18-4-3-17-11-2-1-10(6-16)5-12(11)18/h1-2,5,17H,3-4,7-9H2. The SMILES string of the molecule is N#Cc1ccc2c(c1)N(C13CC(F)(C1)C3)CCN2. The Balaban J connectivity index is 1.74. The molecule has 18 heavy (non-hydrogen) atoms. The summed E-state index contributed by atoms with van der Waals surface area (Å²) in [5.41, 5.74) is 1.97. The first-order chi connectivity index (χ1) is 8.64. The lowest BCUT2D eigenvalue weighted by molar-refractivity contribution is -0.152. The van der Waals surface area contributed by atoms with Crippen molar-refractivity contribution in [2.45, 2.75) is 30.5 Å². The van der Waals surface area contributed by atoms with E-state index in [1.807, 2.05) is 18.2 Å². The number of nitriles is 1. The second kappa shape index (κ2) is 2.97. The summed E-state index contributed by atoms with van der Waals surface area (Å²) < 4.78 is 13.7. The minimum absolute atomic E-state index is 0.0413. The topological polar surface area (TPSA) is 39.1 Å². The third kappa shape index (κ3) is 1.12. The van der Waals surface area contributed by atoms with E-state index in [9.17, 15) is 4.39 Å². The van der Waals surface area contributed by atoms with Gasteiger partial charge in [0.1, 0.15) is 5.67 Å². The normalized spacial score (nSPS) is 35.7. The molecule has 0 unspecified atom stereocenters. The van der Waals surface area contributed by atoms with Crippen LogP contribution in [0.25, 0.3) is 0 Å². The van der Waals surface area contributed by atoms with Gasteiger partial charge in [-0.05, 0) is 18.2 Å². The number of alkyl halides is 1. The zero-order valence-electron chi connectivity index (χ0n) is 10.0. The molecule has 3 saturated carbocycles. The first-order valence-electron chi connectivity index (χ1n) is 6.39. The Labute approximate surface area is 105 Å². The third-order valence-corrected chi connectivity index (χ3v) is 4.58. The van der Waals surface area contributed by atoms with Crippen molar-refractivity contribution in [2.75, 3.05) is 23.3 Å². The summed E-state index contributed by atoms with van der Waals surface area (Å²) >= 11 is 0. The number of hydrogen-bond donors (Lipinski definition) is 1. The highest BCUT2D eigenvalue weighted by atomic mass is 19.1. The Morgan fingerprint density at radius 3 is 2.78 bits per heavy atom. The Morgan fingerprint density at radius 2 is 2.11 bits per heavy atom. The molecule has 0 aromatic heterocycles. The van der Waals surface area contributed by atoms with Gasteiger partial charge >= 0.3 is 0 Å². The van der Waals surface area contributed by atoms with Crippen LogP contribution in [0.4, 0.5) is 15.8 Å². The molecule has 92 valence electrons. The summed E-state index contributed by atoms with van der Waals surface area (Å²) in [6.07, 6.45) is 1.99. The number of anilines is 2. The number of benzene rings is 1. The molecule has 0 saturated heterocycles. The summed E-state index contributed by atoms with van der Waals surface area (Å²) in [4.78, 5) is 2.32. The lowest BCUT2D eigenvalue weighted by atomic mass is 9.46. The molecule has 2 bridgehead atoms. The molecule has 1 aromatic carbocycles. The maximum Gasteiger partial charge on any atom is 0.117 e. The zero-order valence-corrected chi connectivity index (χ0v) is 10.0. The molecule has 1 aliphatic heterocycles. The molecule has 4 aliphatic rings. The second-order valence-electron chi connectivity index (χ2n) is 5.83. The first-order valence-corrected chi connectivity index (χ1v) is 6.39. The Hall–Kier alpha value is -1.76. The predicted molar refractivity (Wildman–Crippen MR) is 67.4 cm³/mol. The molecule has 1 aromatic rings. The van der Waals surface area contributed by atoms with Crippen molar-refractivity contribution in [3.05, 3.63) is 23.8 Å². The quantitative estimate of drug-likeness (QED) is 0.823. The lowest BCUT2D eigenvalue weighted by Crippen LogP contribution is -2.77. The number of fused-ring (bicyclic) bond motifs is 1. The third-order valence-electron chi connectivity index (χ3n) is 4.58. The first kappa shape index (κ1) is 10.2. The molecule has 3 nitrogen and oxygen atoms in total. The van der Waals surface area contributed by atoms with Gasteiger partial charge in [-0.15, -0.1) is 0 Å². The van der Waals surface area contributed by atoms with Crippen LogP contribution < -0.4 is 10.2 Å². The van der Waals surface area contributed by atoms with Gasteiger partial charge in [-0.3, -0.25) is 0 Å². The fourth-order valence-electron chi connectivity index (χ4n) is 3.79. The monoisotopic (exact) mass is 243 g/mol. The number of nitrogens with one attached hydrogen (secondary N) is 1. The number of hydrogen-bond acceptors (Lipinski definition) is 3. The minimum Gasteiger partial charge on any atom is -0.382 e. The van der Waals surface area contributed by atoms with Gasteiger partial charge in [0.25, 0.3) is 0 Å². The van der Waals surface area contributed by atoms with E-state index in [0.717, 1.165) is 24.5 Å². The maximum atomic E-state index is 13.7. The van der Waals surface area contributed by atoms with Crippen LogP contribution in [0.15, 0.2) is 18.2 Å². The van der Waals surface area contributed by atoms with E-state index in [-0.39, 0.29) is 5.54 Å². The van der Waals surface area contributed by atoms with Crippen LogP contribution >= 0.6 is 0 Å². The van der Waals surface area contributed by atoms with Crippen LogP contribution in [0.2, 0.25) is 0 Å². The number of halogens is 1. The van der Waals surface area contributed by atoms with Crippen LogP contribution in [0.1, 0.15) is 24.8 Å². The summed E-state index contributed by atoms with van der Waals surface area (Å²) in [6, 6.07) is 7.88. The Bertz CT molecular complexity index is 555. The molecule has 0 spiro atoms. The smallest absolute Gasteiger partial charge is 0.117 e. The van der Waals surface area contributed by atoms with E-state index < -0.39 is 5.67 Å². The molecular weight excluding hydrogens is 229 g/mol. The van der Waals surface area contributed by atoms with Crippen molar-refractivity contribution in [3.63, 3.8) is 0 Å². The molecule has 0 amide bonds. The highest BCUT2D eigenvalue weighted by Gasteiger charge is 2.71. The molecule has 5 rings (SSSR count). The minimum atomic E-state index is -0.877. The summed E-state index contributed by atoms with van der Waals surface area (Å²) in [7, 11) is 0. The van der Waals surface area contributed by atoms with Crippen molar-refractivity contribution in [3.8, 4) is 6.07 Å². The van der Waals surface area contributed by atoms with Gasteiger partial charge in [0, 0.05) is 37.9 Å². The van der Waals surface area contributed by atoms with E-state index in [1.54, 1.807) is 0 Å². The van der Waals surface area contributed by atoms with Gasteiger partial charge < -0.3 is 10.2 Å². The maximum absolute atomic E-state index is 13.7. The second-order valence-corrected chi connectivity index (χ2v) is 5.83. The van der Waals surface area contributed by atoms with Gasteiger partial charge in [0.2, 0.25) is 0 Å². The average Bonchev–Trinajstić information content (AvgIpc) is 2.32. The van der Waals surface area contributed by atoms with Gasteiger partial charge in [-0.25, -0.2) is 4.39 Å². The van der Waals surface area contributed by atoms with E-state index in [4.69, 9.17) is 5.26 Å². The van der Waals surface area contributed by atoms with Crippen molar-refractivity contribution < 1.29 is 4.39 Å². The number of rotatable bonds is 1. The van der Waals surface area contributed by atoms with Crippen molar-refractivity contribution >= 4 is 11.4 Å². The molecule has 4 heteroatoms. The van der Waals surface area contributed by atoms with E-state index >= 15 is 0 Å². The highest BCUT2D eigenvalue weighted by molar-refractivity contribution is 5.76. The van der Waals surface area contributed by atoms with E-state index in [2.05, 4.69) is 16.3 Å². The molecule has 1 heterocycles. The van der Waals surface area contributed by atoms with Crippen LogP contribution in [0.5, 0.6) is 0 Å². The van der Waals surface area contributed by atoms with Crippen LogP contribution in [0.3, 0.4) is 0 Å². The molecule has 0 atom stereocenters. The Morgan fingerprint density at radius 1 is 1.33 bits per heavy atom. The summed E-state index contributed by atoms with van der Waals surface area (Å²) in [5.74, 6) is 0. The van der Waals surface area contributed by atoms with Crippen molar-refractivity contribution in [1.29, 1.82) is 5.26 Å². The summed E-state index contributed by atoms with van der Waals surface area (Å²) in [6.45, 7) is 1.79. The van der Waals surface area contributed by atoms with Gasteiger partial charge in [0.15, 0.2) is 0 Å². The molecule has 1 N–H and O–H groups in total. The summed E-state index contributed by atoms with van der Waals surface area (Å²) in [5, 5.41) is 12.3. The molecule has 3 aliphatic carbocycles. The van der Waals surface area contributed by atoms with Gasteiger partial charge in [-0.2, -0.15) is 5.26 Å². The van der Waals surface area contributed by atoms with Crippen molar-refractivity contribution in [2.24, 2.45) is 0 Å². The van der Waals surface area contributed by atoms with Crippen LogP contribution in [-0.2, 0) is 0 Å². The molecule has 3 fully saturated rings. The Kier molecular flexibility index (Phi) is 1.68. The molecular formula is C14H14FN3. The number of nitrogens with zero attached hydrogens (tertiary/aromatic N) is 2. The van der Waals surface area contributed by atoms with Gasteiger partial charge in [0.05, 0.1) is 23.0 Å². The zero-order chi connectivity index (χ0) is 12.4. The van der Waals surface area contributed by atoms with Crippen LogP contribution in [0, 0.1) is 11.3 Å². The van der Waals surface area contributed by atoms with Gasteiger partial charge in [-0.1, -0.05) is 0 Å². The molecule has 0 radical (unpaired) electrons. The fourth-order valence-corrected chi connectivity index (χ4v) is 3.79. The lowest BCUT2D eigenvalue weighted by Gasteiger charge is -2.70. The van der Waals surface area contributed by atoms with E-state index in [0.29, 0.717) is 24.8 Å². The average molecular weight is 243 g/mol. The predicted octanol–water partition coefficient (Wildman–Crippen LogP) is 2.43. The van der Waals surface area contributed by atoms with E-state index in [1.165, 1.54) is 0 Å². The van der Waals surface area contributed by atoms with Crippen LogP contribution in [-0.4, -0.2) is 24.3 Å². The highest BCUT2D eigenvalue weighted by Crippen LogP contribution is 2.67. The fraction of sp³-hybridized carbons (Fsp3) is 0.500. The largest absolute Gasteiger partial charge is 0.382 e. The van der Waals surface area contributed by atoms with Crippen molar-refractivity contribution in [1.82, 2.24) is 0 Å².